The van der Waals surface area contributed by atoms with Crippen LogP contribution in [0.15, 0.2) is 36.4 Å². The first-order chi connectivity index (χ1) is 10.2. The molecule has 1 fully saturated rings. The minimum atomic E-state index is 0.0899. The second-order valence-corrected chi connectivity index (χ2v) is 5.53. The predicted octanol–water partition coefficient (Wildman–Crippen LogP) is 2.39. The summed E-state index contributed by atoms with van der Waals surface area (Å²) < 4.78 is 10.9. The fourth-order valence-corrected chi connectivity index (χ4v) is 3.11. The van der Waals surface area contributed by atoms with Crippen LogP contribution in [0.1, 0.15) is 5.56 Å². The molecule has 0 saturated carbocycles. The Morgan fingerprint density at radius 2 is 1.71 bits per heavy atom. The molecule has 0 aliphatic carbocycles. The number of rotatable bonds is 4. The Balaban J connectivity index is 1.87. The van der Waals surface area contributed by atoms with Gasteiger partial charge in [-0.25, -0.2) is 0 Å². The number of ether oxygens (including phenoxy) is 2. The van der Waals surface area contributed by atoms with Crippen molar-refractivity contribution in [3.8, 4) is 5.75 Å². The molecular weight excluding hydrogens is 266 g/mol. The van der Waals surface area contributed by atoms with Crippen molar-refractivity contribution in [3.63, 3.8) is 0 Å². The molecule has 1 aliphatic heterocycles. The van der Waals surface area contributed by atoms with Gasteiger partial charge in [-0.2, -0.15) is 0 Å². The van der Waals surface area contributed by atoms with Crippen LogP contribution in [-0.4, -0.2) is 49.5 Å². The zero-order valence-corrected chi connectivity index (χ0v) is 12.5. The van der Waals surface area contributed by atoms with E-state index in [1.807, 2.05) is 18.2 Å². The highest BCUT2D eigenvalue weighted by molar-refractivity contribution is 5.87. The third-order valence-electron chi connectivity index (χ3n) is 4.29. The summed E-state index contributed by atoms with van der Waals surface area (Å²) in [5.74, 6) is 0.350. The van der Waals surface area contributed by atoms with Gasteiger partial charge in [-0.1, -0.05) is 30.3 Å². The molecule has 1 heterocycles. The Labute approximate surface area is 124 Å². The third-order valence-corrected chi connectivity index (χ3v) is 4.29. The number of hydrogen-bond acceptors (Lipinski definition) is 4. The third kappa shape index (κ3) is 2.75. The molecule has 4 heteroatoms. The number of methoxy groups -OCH3 is 2. The highest BCUT2D eigenvalue weighted by atomic mass is 16.5. The van der Waals surface area contributed by atoms with Crippen LogP contribution in [0.4, 0.5) is 0 Å². The quantitative estimate of drug-likeness (QED) is 0.937. The molecule has 2 aromatic rings. The Morgan fingerprint density at radius 3 is 2.38 bits per heavy atom. The van der Waals surface area contributed by atoms with Crippen molar-refractivity contribution in [1.29, 1.82) is 0 Å². The highest BCUT2D eigenvalue weighted by Gasteiger charge is 2.33. The maximum Gasteiger partial charge on any atom is 0.120 e. The van der Waals surface area contributed by atoms with Crippen molar-refractivity contribution in [2.24, 2.45) is 0 Å². The average molecular weight is 287 g/mol. The number of benzene rings is 2. The largest absolute Gasteiger partial charge is 0.508 e. The normalized spacial score (nSPS) is 23.0. The molecular formula is C17H21NO3. The number of aromatic hydroxyl groups is 1. The van der Waals surface area contributed by atoms with E-state index in [-0.39, 0.29) is 12.2 Å². The van der Waals surface area contributed by atoms with E-state index in [4.69, 9.17) is 9.47 Å². The van der Waals surface area contributed by atoms with Crippen molar-refractivity contribution >= 4 is 10.8 Å². The van der Waals surface area contributed by atoms with Crippen molar-refractivity contribution in [2.75, 3.05) is 27.3 Å². The number of phenolic OH excluding ortho intramolecular Hbond substituents is 1. The van der Waals surface area contributed by atoms with Gasteiger partial charge in [-0.05, 0) is 16.8 Å². The summed E-state index contributed by atoms with van der Waals surface area (Å²) >= 11 is 0. The second kappa shape index (κ2) is 6.02. The molecule has 0 aromatic heterocycles. The van der Waals surface area contributed by atoms with Crippen LogP contribution in [-0.2, 0) is 16.0 Å². The maximum absolute atomic E-state index is 10.2. The number of fused-ring (bicyclic) bond motifs is 1. The SMILES string of the molecule is COC1CN(Cc2c(O)ccc3ccccc23)CC1OC. The van der Waals surface area contributed by atoms with Gasteiger partial charge in [0.15, 0.2) is 0 Å². The van der Waals surface area contributed by atoms with Crippen LogP contribution in [0.3, 0.4) is 0 Å². The Bertz CT molecular complexity index is 616. The molecule has 0 bridgehead atoms. The predicted molar refractivity (Wildman–Crippen MR) is 82.5 cm³/mol. The van der Waals surface area contributed by atoms with E-state index in [0.29, 0.717) is 12.3 Å². The van der Waals surface area contributed by atoms with E-state index in [2.05, 4.69) is 17.0 Å². The molecule has 2 aromatic carbocycles. The van der Waals surface area contributed by atoms with Crippen molar-refractivity contribution in [1.82, 2.24) is 4.90 Å². The molecule has 2 unspecified atom stereocenters. The minimum Gasteiger partial charge on any atom is -0.508 e. The molecule has 0 radical (unpaired) electrons. The standard InChI is InChI=1S/C17H21NO3/c1-20-16-10-18(11-17(16)21-2)9-14-13-6-4-3-5-12(13)7-8-15(14)19/h3-8,16-17,19H,9-11H2,1-2H3. The van der Waals surface area contributed by atoms with Crippen molar-refractivity contribution < 1.29 is 14.6 Å². The van der Waals surface area contributed by atoms with E-state index >= 15 is 0 Å². The van der Waals surface area contributed by atoms with Gasteiger partial charge in [0.2, 0.25) is 0 Å². The molecule has 1 N–H and O–H groups in total. The average Bonchev–Trinajstić information content (AvgIpc) is 2.92. The molecule has 4 nitrogen and oxygen atoms in total. The summed E-state index contributed by atoms with van der Waals surface area (Å²) in [6, 6.07) is 11.9. The summed E-state index contributed by atoms with van der Waals surface area (Å²) in [6.07, 6.45) is 0.180. The molecule has 2 atom stereocenters. The number of phenols is 1. The zero-order chi connectivity index (χ0) is 14.8. The summed E-state index contributed by atoms with van der Waals surface area (Å²) in [4.78, 5) is 2.27. The highest BCUT2D eigenvalue weighted by Crippen LogP contribution is 2.29. The number of likely N-dealkylation sites (tertiary alicyclic amines) is 1. The Kier molecular flexibility index (Phi) is 4.10. The molecule has 0 spiro atoms. The van der Waals surface area contributed by atoms with Gasteiger partial charge in [0.05, 0.1) is 12.2 Å². The summed E-state index contributed by atoms with van der Waals surface area (Å²) in [5, 5.41) is 12.5. The molecule has 1 aliphatic rings. The lowest BCUT2D eigenvalue weighted by Gasteiger charge is -2.17. The van der Waals surface area contributed by atoms with Gasteiger partial charge in [0.1, 0.15) is 5.75 Å². The molecule has 0 amide bonds. The lowest BCUT2D eigenvalue weighted by Crippen LogP contribution is -2.27. The van der Waals surface area contributed by atoms with Gasteiger partial charge in [0, 0.05) is 39.4 Å². The molecule has 112 valence electrons. The van der Waals surface area contributed by atoms with Crippen LogP contribution in [0.5, 0.6) is 5.75 Å². The van der Waals surface area contributed by atoms with Crippen molar-refractivity contribution in [3.05, 3.63) is 42.0 Å². The van der Waals surface area contributed by atoms with E-state index in [1.165, 1.54) is 0 Å². The molecule has 3 rings (SSSR count). The van der Waals surface area contributed by atoms with Crippen LogP contribution >= 0.6 is 0 Å². The van der Waals surface area contributed by atoms with Crippen LogP contribution in [0, 0.1) is 0 Å². The fraction of sp³-hybridized carbons (Fsp3) is 0.412. The second-order valence-electron chi connectivity index (χ2n) is 5.53. The van der Waals surface area contributed by atoms with Gasteiger partial charge >= 0.3 is 0 Å². The summed E-state index contributed by atoms with van der Waals surface area (Å²) in [6.45, 7) is 2.34. The monoisotopic (exact) mass is 287 g/mol. The van der Waals surface area contributed by atoms with Gasteiger partial charge in [-0.15, -0.1) is 0 Å². The smallest absolute Gasteiger partial charge is 0.120 e. The Morgan fingerprint density at radius 1 is 1.05 bits per heavy atom. The first-order valence-electron chi connectivity index (χ1n) is 7.20. The maximum atomic E-state index is 10.2. The minimum absolute atomic E-state index is 0.0899. The topological polar surface area (TPSA) is 41.9 Å². The molecule has 1 saturated heterocycles. The first kappa shape index (κ1) is 14.3. The summed E-state index contributed by atoms with van der Waals surface area (Å²) in [5.41, 5.74) is 0.972. The molecule has 21 heavy (non-hydrogen) atoms. The lowest BCUT2D eigenvalue weighted by atomic mass is 10.0. The van der Waals surface area contributed by atoms with Gasteiger partial charge < -0.3 is 14.6 Å². The van der Waals surface area contributed by atoms with Crippen LogP contribution in [0.25, 0.3) is 10.8 Å². The van der Waals surface area contributed by atoms with Crippen LogP contribution < -0.4 is 0 Å². The van der Waals surface area contributed by atoms with Crippen LogP contribution in [0.2, 0.25) is 0 Å². The summed E-state index contributed by atoms with van der Waals surface area (Å²) in [7, 11) is 3.44. The Hall–Kier alpha value is -1.62. The lowest BCUT2D eigenvalue weighted by molar-refractivity contribution is -0.00461. The number of hydrogen-bond donors (Lipinski definition) is 1. The van der Waals surface area contributed by atoms with E-state index in [1.54, 1.807) is 20.3 Å². The van der Waals surface area contributed by atoms with E-state index < -0.39 is 0 Å². The van der Waals surface area contributed by atoms with Crippen molar-refractivity contribution in [2.45, 2.75) is 18.8 Å². The van der Waals surface area contributed by atoms with Gasteiger partial charge in [-0.3, -0.25) is 4.90 Å². The van der Waals surface area contributed by atoms with E-state index in [0.717, 1.165) is 29.4 Å². The van der Waals surface area contributed by atoms with E-state index in [9.17, 15) is 5.11 Å². The fourth-order valence-electron chi connectivity index (χ4n) is 3.11. The number of nitrogens with zero attached hydrogens (tertiary/aromatic N) is 1. The zero-order valence-electron chi connectivity index (χ0n) is 12.5. The van der Waals surface area contributed by atoms with Gasteiger partial charge in [0.25, 0.3) is 0 Å². The first-order valence-corrected chi connectivity index (χ1v) is 7.20.